The van der Waals surface area contributed by atoms with Gasteiger partial charge in [-0.15, -0.1) is 0 Å². The van der Waals surface area contributed by atoms with Gasteiger partial charge in [-0.05, 0) is 43.2 Å². The van der Waals surface area contributed by atoms with Crippen LogP contribution in [0.4, 0.5) is 29.3 Å². The molecule has 188 valence electrons. The number of alkyl halides is 3. The van der Waals surface area contributed by atoms with Crippen LogP contribution >= 0.6 is 11.8 Å². The number of nitrogens with zero attached hydrogens (tertiary/aromatic N) is 2. The van der Waals surface area contributed by atoms with Crippen molar-refractivity contribution >= 4 is 35.5 Å². The number of β-amino-alcohol motifs (C(OH)–C–C–N with tert-alkyl or cyclic N) is 1. The summed E-state index contributed by atoms with van der Waals surface area (Å²) in [4.78, 5) is 28.7. The van der Waals surface area contributed by atoms with Crippen LogP contribution in [-0.4, -0.2) is 67.2 Å². The van der Waals surface area contributed by atoms with Gasteiger partial charge in [0.2, 0.25) is 0 Å². The first-order valence-electron chi connectivity index (χ1n) is 11.3. The number of piperidine rings is 1. The van der Waals surface area contributed by atoms with E-state index in [2.05, 4.69) is 10.6 Å². The Morgan fingerprint density at radius 3 is 2.49 bits per heavy atom. The molecule has 0 bridgehead atoms. The van der Waals surface area contributed by atoms with Crippen molar-refractivity contribution in [3.05, 3.63) is 48.0 Å². The van der Waals surface area contributed by atoms with Gasteiger partial charge in [-0.25, -0.2) is 4.79 Å². The monoisotopic (exact) mass is 508 g/mol. The minimum atomic E-state index is -4.47. The molecule has 2 amide bonds. The van der Waals surface area contributed by atoms with E-state index < -0.39 is 29.4 Å². The van der Waals surface area contributed by atoms with Crippen LogP contribution < -0.4 is 15.5 Å². The van der Waals surface area contributed by atoms with E-state index in [0.29, 0.717) is 36.5 Å². The lowest BCUT2D eigenvalue weighted by Gasteiger charge is -2.40. The lowest BCUT2D eigenvalue weighted by molar-refractivity contribution is -0.137. The molecule has 4 rings (SSSR count). The molecule has 2 aromatic carbocycles. The molecule has 2 aromatic rings. The molecule has 1 fully saturated rings. The van der Waals surface area contributed by atoms with Crippen molar-refractivity contribution < 1.29 is 27.9 Å². The van der Waals surface area contributed by atoms with Crippen molar-refractivity contribution in [3.63, 3.8) is 0 Å². The first kappa shape index (κ1) is 25.3. The Morgan fingerprint density at radius 2 is 1.83 bits per heavy atom. The highest BCUT2D eigenvalue weighted by Gasteiger charge is 2.37. The summed E-state index contributed by atoms with van der Waals surface area (Å²) >= 11 is 1.40. The fraction of sp³-hybridized carbons (Fsp3) is 0.417. The van der Waals surface area contributed by atoms with Gasteiger partial charge in [0, 0.05) is 36.5 Å². The summed E-state index contributed by atoms with van der Waals surface area (Å²) in [5.74, 6) is 0. The number of urea groups is 1. The number of carbonyl (C=O) groups is 2. The first-order valence-corrected chi connectivity index (χ1v) is 12.1. The fourth-order valence-corrected chi connectivity index (χ4v) is 5.54. The number of nitrogens with one attached hydrogen (secondary N) is 2. The smallest absolute Gasteiger partial charge is 0.390 e. The number of hydrogen-bond acceptors (Lipinski definition) is 6. The third kappa shape index (κ3) is 5.57. The zero-order chi connectivity index (χ0) is 25.2. The largest absolute Gasteiger partial charge is 0.416 e. The van der Waals surface area contributed by atoms with Crippen molar-refractivity contribution in [1.29, 1.82) is 0 Å². The maximum absolute atomic E-state index is 13.4. The van der Waals surface area contributed by atoms with Crippen molar-refractivity contribution in [2.24, 2.45) is 0 Å². The van der Waals surface area contributed by atoms with Crippen molar-refractivity contribution in [1.82, 2.24) is 15.5 Å². The molecule has 2 aliphatic rings. The van der Waals surface area contributed by atoms with Crippen LogP contribution in [0.15, 0.2) is 52.3 Å². The van der Waals surface area contributed by atoms with Gasteiger partial charge in [0.1, 0.15) is 6.29 Å². The molecule has 35 heavy (non-hydrogen) atoms. The van der Waals surface area contributed by atoms with E-state index in [0.717, 1.165) is 29.0 Å². The lowest BCUT2D eigenvalue weighted by Crippen LogP contribution is -2.58. The summed E-state index contributed by atoms with van der Waals surface area (Å²) in [6.07, 6.45) is -3.77. The molecule has 2 heterocycles. The quantitative estimate of drug-likeness (QED) is 0.517. The molecule has 0 aliphatic carbocycles. The van der Waals surface area contributed by atoms with E-state index in [4.69, 9.17) is 0 Å². The molecule has 0 spiro atoms. The molecule has 0 saturated carbocycles. The van der Waals surface area contributed by atoms with Crippen molar-refractivity contribution in [2.45, 2.75) is 40.5 Å². The van der Waals surface area contributed by atoms with Crippen LogP contribution in [0, 0.1) is 0 Å². The number of carbonyl (C=O) groups excluding carboxylic acids is 2. The van der Waals surface area contributed by atoms with Gasteiger partial charge < -0.3 is 30.3 Å². The van der Waals surface area contributed by atoms with E-state index in [-0.39, 0.29) is 13.1 Å². The zero-order valence-electron chi connectivity index (χ0n) is 19.1. The molecule has 7 nitrogen and oxygen atoms in total. The van der Waals surface area contributed by atoms with Crippen LogP contribution in [0.5, 0.6) is 0 Å². The number of rotatable bonds is 6. The Morgan fingerprint density at radius 1 is 1.14 bits per heavy atom. The van der Waals surface area contributed by atoms with Crippen LogP contribution in [0.25, 0.3) is 0 Å². The Labute approximate surface area is 205 Å². The first-order chi connectivity index (χ1) is 16.6. The standard InChI is InChI=1S/C24H27F3N4O3S/c1-28-22(34)29-23(15-32)8-10-30(11-9-23)13-17(33)14-31-18-4-2-3-5-20(18)35-21-7-6-16(12-19(21)31)24(25,26)27/h2-7,12,15,17,33H,8-11,13-14H2,1H3,(H2,28,29,34). The molecule has 1 atom stereocenters. The van der Waals surface area contributed by atoms with Crippen LogP contribution in [-0.2, 0) is 11.0 Å². The Balaban J connectivity index is 1.48. The highest BCUT2D eigenvalue weighted by atomic mass is 32.2. The number of aldehydes is 1. The average molecular weight is 509 g/mol. The number of aliphatic hydroxyl groups excluding tert-OH is 1. The van der Waals surface area contributed by atoms with E-state index >= 15 is 0 Å². The number of amides is 2. The summed E-state index contributed by atoms with van der Waals surface area (Å²) < 4.78 is 40.2. The summed E-state index contributed by atoms with van der Waals surface area (Å²) in [7, 11) is 1.48. The molecule has 1 saturated heterocycles. The van der Waals surface area contributed by atoms with Gasteiger partial charge in [-0.1, -0.05) is 23.9 Å². The highest BCUT2D eigenvalue weighted by Crippen LogP contribution is 2.49. The highest BCUT2D eigenvalue weighted by molar-refractivity contribution is 7.99. The number of fused-ring (bicyclic) bond motifs is 2. The lowest BCUT2D eigenvalue weighted by atomic mass is 9.89. The van der Waals surface area contributed by atoms with Crippen LogP contribution in [0.2, 0.25) is 0 Å². The number of para-hydroxylation sites is 1. The second kappa shape index (κ2) is 10.1. The van der Waals surface area contributed by atoms with Gasteiger partial charge in [-0.2, -0.15) is 13.2 Å². The molecule has 0 aromatic heterocycles. The molecule has 2 aliphatic heterocycles. The van der Waals surface area contributed by atoms with Crippen molar-refractivity contribution in [3.8, 4) is 0 Å². The predicted octanol–water partition coefficient (Wildman–Crippen LogP) is 3.63. The van der Waals surface area contributed by atoms with E-state index in [1.165, 1.54) is 24.9 Å². The van der Waals surface area contributed by atoms with E-state index in [9.17, 15) is 27.9 Å². The van der Waals surface area contributed by atoms with Gasteiger partial charge in [0.25, 0.3) is 0 Å². The average Bonchev–Trinajstić information content (AvgIpc) is 2.84. The second-order valence-electron chi connectivity index (χ2n) is 8.79. The van der Waals surface area contributed by atoms with Crippen LogP contribution in [0.3, 0.4) is 0 Å². The van der Waals surface area contributed by atoms with Gasteiger partial charge in [0.05, 0.1) is 35.1 Å². The number of likely N-dealkylation sites (tertiary alicyclic amines) is 1. The Kier molecular flexibility index (Phi) is 7.30. The molecule has 11 heteroatoms. The molecular weight excluding hydrogens is 481 g/mol. The summed E-state index contributed by atoms with van der Waals surface area (Å²) in [5, 5.41) is 16.1. The SMILES string of the molecule is CNC(=O)NC1(C=O)CCN(CC(O)CN2c3ccccc3Sc3ccc(C(F)(F)F)cc32)CC1. The number of hydrogen-bond donors (Lipinski definition) is 3. The third-order valence-corrected chi connectivity index (χ3v) is 7.51. The molecular formula is C24H27F3N4O3S. The van der Waals surface area contributed by atoms with E-state index in [1.54, 1.807) is 4.90 Å². The summed E-state index contributed by atoms with van der Waals surface area (Å²) in [5.41, 5.74) is -0.523. The number of benzene rings is 2. The predicted molar refractivity (Wildman–Crippen MR) is 127 cm³/mol. The third-order valence-electron chi connectivity index (χ3n) is 6.38. The molecule has 3 N–H and O–H groups in total. The Hall–Kier alpha value is -2.76. The Bertz CT molecular complexity index is 1090. The van der Waals surface area contributed by atoms with Gasteiger partial charge in [0.15, 0.2) is 0 Å². The maximum Gasteiger partial charge on any atom is 0.416 e. The zero-order valence-corrected chi connectivity index (χ0v) is 20.0. The molecule has 1 unspecified atom stereocenters. The van der Waals surface area contributed by atoms with Gasteiger partial charge >= 0.3 is 12.2 Å². The van der Waals surface area contributed by atoms with Crippen molar-refractivity contribution in [2.75, 3.05) is 38.1 Å². The van der Waals surface area contributed by atoms with Gasteiger partial charge in [-0.3, -0.25) is 0 Å². The van der Waals surface area contributed by atoms with E-state index in [1.807, 2.05) is 29.2 Å². The minimum absolute atomic E-state index is 0.109. The summed E-state index contributed by atoms with van der Waals surface area (Å²) in [6.45, 7) is 1.37. The van der Waals surface area contributed by atoms with Crippen LogP contribution in [0.1, 0.15) is 18.4 Å². The topological polar surface area (TPSA) is 84.9 Å². The molecule has 0 radical (unpaired) electrons. The normalized spacial score (nSPS) is 18.3. The number of anilines is 2. The fourth-order valence-electron chi connectivity index (χ4n) is 4.46. The number of halogens is 3. The summed E-state index contributed by atoms with van der Waals surface area (Å²) in [6, 6.07) is 10.7. The second-order valence-corrected chi connectivity index (χ2v) is 9.88. The maximum atomic E-state index is 13.4. The number of aliphatic hydroxyl groups is 1. The minimum Gasteiger partial charge on any atom is -0.390 e.